The van der Waals surface area contributed by atoms with Gasteiger partial charge in [-0.25, -0.2) is 0 Å². The van der Waals surface area contributed by atoms with E-state index in [9.17, 15) is 0 Å². The molecule has 1 aromatic rings. The molecule has 0 N–H and O–H groups in total. The van der Waals surface area contributed by atoms with Crippen molar-refractivity contribution >= 4 is 45.2 Å². The van der Waals surface area contributed by atoms with E-state index in [1.54, 1.807) is 0 Å². The first-order valence-corrected chi connectivity index (χ1v) is 5.19. The fourth-order valence-corrected chi connectivity index (χ4v) is 2.91. The van der Waals surface area contributed by atoms with E-state index in [4.69, 9.17) is 0 Å². The zero-order valence-electron chi connectivity index (χ0n) is 5.91. The van der Waals surface area contributed by atoms with Crippen LogP contribution in [0.5, 0.6) is 0 Å². The van der Waals surface area contributed by atoms with Gasteiger partial charge in [0.1, 0.15) is 0 Å². The maximum absolute atomic E-state index is 2.37. The number of aryl methyl sites for hydroxylation is 1. The van der Waals surface area contributed by atoms with Gasteiger partial charge >= 0.3 is 0 Å². The molecule has 2 heteroatoms. The molecule has 0 amide bonds. The zero-order valence-corrected chi connectivity index (χ0v) is 10.2. The molecule has 0 fully saturated rings. The topological polar surface area (TPSA) is 0 Å². The summed E-state index contributed by atoms with van der Waals surface area (Å²) in [4.78, 5) is 0. The van der Waals surface area contributed by atoms with Crippen molar-refractivity contribution in [2.75, 3.05) is 0 Å². The van der Waals surface area contributed by atoms with Crippen LogP contribution >= 0.6 is 45.2 Å². The molecule has 0 aliphatic carbocycles. The predicted molar refractivity (Wildman–Crippen MR) is 61.4 cm³/mol. The predicted octanol–water partition coefficient (Wildman–Crippen LogP) is 3.51. The highest BCUT2D eigenvalue weighted by atomic mass is 127. The van der Waals surface area contributed by atoms with E-state index in [-0.39, 0.29) is 0 Å². The first-order valence-electron chi connectivity index (χ1n) is 3.03. The molecule has 10 heavy (non-hydrogen) atoms. The average Bonchev–Trinajstić information content (AvgIpc) is 1.82. The number of rotatable bonds is 0. The summed E-state index contributed by atoms with van der Waals surface area (Å²) in [7, 11) is 0. The lowest BCUT2D eigenvalue weighted by Crippen LogP contribution is -1.86. The Balaban J connectivity index is 3.31. The highest BCUT2D eigenvalue weighted by Gasteiger charge is 1.98. The minimum Gasteiger partial charge on any atom is -0.0461 e. The highest BCUT2D eigenvalue weighted by molar-refractivity contribution is 14.1. The molecular formula is C8H8I2. The third kappa shape index (κ3) is 1.84. The van der Waals surface area contributed by atoms with Gasteiger partial charge in [0.25, 0.3) is 0 Å². The van der Waals surface area contributed by atoms with Gasteiger partial charge < -0.3 is 0 Å². The fraction of sp³-hybridized carbons (Fsp3) is 0.250. The number of halogens is 2. The molecular weight excluding hydrogens is 350 g/mol. The largest absolute Gasteiger partial charge is 0.0461 e. The summed E-state index contributed by atoms with van der Waals surface area (Å²) in [6.45, 7) is 4.31. The van der Waals surface area contributed by atoms with Crippen LogP contribution in [0.3, 0.4) is 0 Å². The van der Waals surface area contributed by atoms with Crippen LogP contribution < -0.4 is 0 Å². The van der Waals surface area contributed by atoms with Crippen LogP contribution in [-0.2, 0) is 0 Å². The van der Waals surface area contributed by atoms with E-state index in [2.05, 4.69) is 71.2 Å². The molecule has 0 spiro atoms. The van der Waals surface area contributed by atoms with Crippen molar-refractivity contribution in [1.82, 2.24) is 0 Å². The minimum absolute atomic E-state index is 1.32. The molecule has 0 nitrogen and oxygen atoms in total. The van der Waals surface area contributed by atoms with Gasteiger partial charge in [-0.3, -0.25) is 0 Å². The quantitative estimate of drug-likeness (QED) is 0.623. The molecule has 0 saturated carbocycles. The van der Waals surface area contributed by atoms with Gasteiger partial charge in [0, 0.05) is 7.14 Å². The second-order valence-corrected chi connectivity index (χ2v) is 4.74. The Morgan fingerprint density at radius 2 is 1.70 bits per heavy atom. The number of hydrogen-bond acceptors (Lipinski definition) is 0. The number of hydrogen-bond donors (Lipinski definition) is 0. The molecule has 0 unspecified atom stereocenters. The third-order valence-electron chi connectivity index (χ3n) is 1.57. The average molecular weight is 358 g/mol. The molecule has 0 atom stereocenters. The molecule has 0 aliphatic heterocycles. The zero-order chi connectivity index (χ0) is 7.72. The molecule has 1 aromatic carbocycles. The summed E-state index contributed by atoms with van der Waals surface area (Å²) >= 11 is 4.71. The lowest BCUT2D eigenvalue weighted by molar-refractivity contribution is 1.30. The van der Waals surface area contributed by atoms with Crippen molar-refractivity contribution in [2.24, 2.45) is 0 Å². The Hall–Kier alpha value is 0.680. The van der Waals surface area contributed by atoms with Crippen LogP contribution in [-0.4, -0.2) is 0 Å². The van der Waals surface area contributed by atoms with Gasteiger partial charge in [0.15, 0.2) is 0 Å². The van der Waals surface area contributed by atoms with Crippen molar-refractivity contribution in [3.05, 3.63) is 30.4 Å². The van der Waals surface area contributed by atoms with E-state index in [1.807, 2.05) is 0 Å². The van der Waals surface area contributed by atoms with Gasteiger partial charge in [-0.2, -0.15) is 0 Å². The lowest BCUT2D eigenvalue weighted by atomic mass is 10.1. The fourth-order valence-electron chi connectivity index (χ4n) is 0.774. The molecule has 0 bridgehead atoms. The molecule has 0 saturated heterocycles. The van der Waals surface area contributed by atoms with Crippen molar-refractivity contribution in [3.8, 4) is 0 Å². The molecule has 0 aliphatic rings. The SMILES string of the molecule is Cc1cc(I)cc(I)c1C. The summed E-state index contributed by atoms with van der Waals surface area (Å²) in [5.74, 6) is 0. The summed E-state index contributed by atoms with van der Waals surface area (Å²) in [5.41, 5.74) is 2.79. The van der Waals surface area contributed by atoms with Crippen molar-refractivity contribution in [2.45, 2.75) is 13.8 Å². The monoisotopic (exact) mass is 358 g/mol. The smallest absolute Gasteiger partial charge is 0.0172 e. The Kier molecular flexibility index (Phi) is 2.97. The Bertz CT molecular complexity index is 230. The van der Waals surface area contributed by atoms with Crippen LogP contribution in [0.2, 0.25) is 0 Å². The van der Waals surface area contributed by atoms with E-state index in [0.717, 1.165) is 0 Å². The van der Waals surface area contributed by atoms with Gasteiger partial charge in [0.05, 0.1) is 0 Å². The first kappa shape index (κ1) is 8.77. The molecule has 1 rings (SSSR count). The van der Waals surface area contributed by atoms with Crippen molar-refractivity contribution < 1.29 is 0 Å². The molecule has 0 aromatic heterocycles. The van der Waals surface area contributed by atoms with Gasteiger partial charge in [-0.15, -0.1) is 0 Å². The Morgan fingerprint density at radius 1 is 1.10 bits per heavy atom. The third-order valence-corrected chi connectivity index (χ3v) is 3.31. The highest BCUT2D eigenvalue weighted by Crippen LogP contribution is 2.18. The van der Waals surface area contributed by atoms with E-state index in [0.29, 0.717) is 0 Å². The standard InChI is InChI=1S/C8H8I2/c1-5-3-7(9)4-8(10)6(5)2/h3-4H,1-2H3. The summed E-state index contributed by atoms with van der Waals surface area (Å²) < 4.78 is 2.69. The van der Waals surface area contributed by atoms with Crippen LogP contribution in [0.4, 0.5) is 0 Å². The van der Waals surface area contributed by atoms with Crippen LogP contribution in [0.1, 0.15) is 11.1 Å². The maximum atomic E-state index is 2.37. The maximum Gasteiger partial charge on any atom is 0.0172 e. The first-order chi connectivity index (χ1) is 4.61. The lowest BCUT2D eigenvalue weighted by Gasteiger charge is -2.02. The van der Waals surface area contributed by atoms with Crippen LogP contribution in [0.15, 0.2) is 12.1 Å². The summed E-state index contributed by atoms with van der Waals surface area (Å²) in [6.07, 6.45) is 0. The Morgan fingerprint density at radius 3 is 2.20 bits per heavy atom. The Labute approximate surface area is 88.7 Å². The second-order valence-electron chi connectivity index (χ2n) is 2.33. The van der Waals surface area contributed by atoms with Crippen molar-refractivity contribution in [3.63, 3.8) is 0 Å². The second kappa shape index (κ2) is 3.38. The summed E-state index contributed by atoms with van der Waals surface area (Å²) in [6, 6.07) is 4.40. The number of benzene rings is 1. The van der Waals surface area contributed by atoms with Crippen LogP contribution in [0.25, 0.3) is 0 Å². The van der Waals surface area contributed by atoms with Gasteiger partial charge in [-0.1, -0.05) is 0 Å². The van der Waals surface area contributed by atoms with E-state index in [1.165, 1.54) is 18.3 Å². The van der Waals surface area contributed by atoms with Crippen molar-refractivity contribution in [1.29, 1.82) is 0 Å². The normalized spacial score (nSPS) is 10.0. The molecule has 0 radical (unpaired) electrons. The molecule has 54 valence electrons. The van der Waals surface area contributed by atoms with Gasteiger partial charge in [0.2, 0.25) is 0 Å². The summed E-state index contributed by atoms with van der Waals surface area (Å²) in [5, 5.41) is 0. The molecule has 0 heterocycles. The van der Waals surface area contributed by atoms with Crippen LogP contribution in [0, 0.1) is 21.0 Å². The van der Waals surface area contributed by atoms with Gasteiger partial charge in [-0.05, 0) is 82.3 Å². The van der Waals surface area contributed by atoms with E-state index >= 15 is 0 Å². The van der Waals surface area contributed by atoms with E-state index < -0.39 is 0 Å². The minimum atomic E-state index is 1.32.